The fourth-order valence-electron chi connectivity index (χ4n) is 1.69. The van der Waals surface area contributed by atoms with Gasteiger partial charge in [-0.1, -0.05) is 5.92 Å². The van der Waals surface area contributed by atoms with Gasteiger partial charge in [0.15, 0.2) is 0 Å². The molecule has 1 aliphatic heterocycles. The number of amides is 2. The highest BCUT2D eigenvalue weighted by atomic mass is 16.5. The van der Waals surface area contributed by atoms with E-state index in [-0.39, 0.29) is 6.54 Å². The fraction of sp³-hybridized carbons (Fsp3) is 0.250. The van der Waals surface area contributed by atoms with E-state index in [0.29, 0.717) is 16.5 Å². The lowest BCUT2D eigenvalue weighted by atomic mass is 10.2. The van der Waals surface area contributed by atoms with E-state index in [0.717, 1.165) is 0 Å². The second kappa shape index (κ2) is 4.36. The summed E-state index contributed by atoms with van der Waals surface area (Å²) in [5.41, 5.74) is 0.674. The van der Waals surface area contributed by atoms with Crippen molar-refractivity contribution in [3.05, 3.63) is 24.3 Å². The van der Waals surface area contributed by atoms with E-state index in [1.807, 2.05) is 0 Å². The number of rotatable bonds is 2. The number of hydrogen-bond acceptors (Lipinski definition) is 3. The largest absolute Gasteiger partial charge is 0.497 e. The second-order valence-electron chi connectivity index (χ2n) is 3.62. The molecule has 0 spiro atoms. The molecule has 17 heavy (non-hydrogen) atoms. The van der Waals surface area contributed by atoms with Gasteiger partial charge in [-0.05, 0) is 24.3 Å². The number of hydroxylamine groups is 2. The molecule has 1 N–H and O–H groups in total. The predicted octanol–water partition coefficient (Wildman–Crippen LogP) is 1.33. The monoisotopic (exact) mass is 232 g/mol. The van der Waals surface area contributed by atoms with Crippen LogP contribution in [0.3, 0.4) is 0 Å². The van der Waals surface area contributed by atoms with Gasteiger partial charge < -0.3 is 4.74 Å². The van der Waals surface area contributed by atoms with Gasteiger partial charge in [0.05, 0.1) is 13.7 Å². The second-order valence-corrected chi connectivity index (χ2v) is 3.62. The maximum absolute atomic E-state index is 11.7. The minimum absolute atomic E-state index is 0.276. The van der Waals surface area contributed by atoms with Crippen molar-refractivity contribution >= 4 is 11.7 Å². The quantitative estimate of drug-likeness (QED) is 0.618. The highest BCUT2D eigenvalue weighted by Crippen LogP contribution is 2.24. The van der Waals surface area contributed by atoms with Crippen LogP contribution in [0.25, 0.3) is 0 Å². The molecule has 0 aliphatic carbocycles. The van der Waals surface area contributed by atoms with E-state index in [9.17, 15) is 10.0 Å². The van der Waals surface area contributed by atoms with Crippen LogP contribution in [0.1, 0.15) is 0 Å². The molecule has 1 aliphatic rings. The zero-order valence-corrected chi connectivity index (χ0v) is 9.33. The third-order valence-corrected chi connectivity index (χ3v) is 2.65. The topological polar surface area (TPSA) is 53.0 Å². The molecule has 88 valence electrons. The Bertz CT molecular complexity index is 464. The van der Waals surface area contributed by atoms with Crippen LogP contribution >= 0.6 is 0 Å². The molecule has 2 amide bonds. The maximum Gasteiger partial charge on any atom is 0.349 e. The minimum atomic E-state index is -0.607. The van der Waals surface area contributed by atoms with Gasteiger partial charge in [-0.3, -0.25) is 10.1 Å². The lowest BCUT2D eigenvalue weighted by Crippen LogP contribution is -2.31. The summed E-state index contributed by atoms with van der Waals surface area (Å²) < 4.78 is 5.03. The van der Waals surface area contributed by atoms with Crippen LogP contribution in [0, 0.1) is 12.3 Å². The van der Waals surface area contributed by atoms with Crippen molar-refractivity contribution in [1.29, 1.82) is 0 Å². The molecule has 1 unspecified atom stereocenters. The number of urea groups is 1. The van der Waals surface area contributed by atoms with Crippen molar-refractivity contribution in [2.24, 2.45) is 0 Å². The predicted molar refractivity (Wildman–Crippen MR) is 62.0 cm³/mol. The summed E-state index contributed by atoms with van der Waals surface area (Å²) in [4.78, 5) is 13.1. The summed E-state index contributed by atoms with van der Waals surface area (Å²) in [5, 5.41) is 10.0. The molecule has 1 fully saturated rings. The molecular formula is C12H12N2O3. The first kappa shape index (κ1) is 11.3. The van der Waals surface area contributed by atoms with Gasteiger partial charge in [0.25, 0.3) is 0 Å². The van der Waals surface area contributed by atoms with E-state index < -0.39 is 12.1 Å². The number of methoxy groups -OCH3 is 1. The molecule has 2 rings (SSSR count). The number of nitrogens with zero attached hydrogens (tertiary/aromatic N) is 2. The Morgan fingerprint density at radius 3 is 2.59 bits per heavy atom. The molecule has 1 heterocycles. The molecule has 0 radical (unpaired) electrons. The van der Waals surface area contributed by atoms with Crippen LogP contribution in [0.2, 0.25) is 0 Å². The maximum atomic E-state index is 11.7. The summed E-state index contributed by atoms with van der Waals surface area (Å²) in [7, 11) is 1.57. The fourth-order valence-corrected chi connectivity index (χ4v) is 1.69. The Balaban J connectivity index is 2.23. The van der Waals surface area contributed by atoms with Crippen molar-refractivity contribution in [2.75, 3.05) is 18.6 Å². The zero-order chi connectivity index (χ0) is 12.4. The van der Waals surface area contributed by atoms with Crippen molar-refractivity contribution < 1.29 is 14.7 Å². The van der Waals surface area contributed by atoms with Crippen molar-refractivity contribution in [2.45, 2.75) is 6.04 Å². The van der Waals surface area contributed by atoms with Crippen LogP contribution < -0.4 is 9.64 Å². The third kappa shape index (κ3) is 1.90. The molecule has 5 heteroatoms. The summed E-state index contributed by atoms with van der Waals surface area (Å²) in [5.74, 6) is 3.06. The molecule has 1 aromatic rings. The molecule has 1 saturated heterocycles. The van der Waals surface area contributed by atoms with E-state index in [1.54, 1.807) is 31.4 Å². The SMILES string of the molecule is C#CC1CN(c2ccc(OC)cc2)C(=O)N1O. The standard InChI is InChI=1S/C12H12N2O3/c1-3-9-8-13(12(15)14(9)16)10-4-6-11(17-2)7-5-10/h1,4-7,9,16H,8H2,2H3. The first-order chi connectivity index (χ1) is 8.17. The van der Waals surface area contributed by atoms with Crippen LogP contribution in [0.4, 0.5) is 10.5 Å². The smallest absolute Gasteiger partial charge is 0.349 e. The number of carbonyl (C=O) groups excluding carboxylic acids is 1. The Kier molecular flexibility index (Phi) is 2.90. The minimum Gasteiger partial charge on any atom is -0.497 e. The van der Waals surface area contributed by atoms with E-state index >= 15 is 0 Å². The number of carbonyl (C=O) groups is 1. The zero-order valence-electron chi connectivity index (χ0n) is 9.33. The molecule has 1 aromatic carbocycles. The highest BCUT2D eigenvalue weighted by molar-refractivity contribution is 5.94. The van der Waals surface area contributed by atoms with Gasteiger partial charge in [0, 0.05) is 5.69 Å². The van der Waals surface area contributed by atoms with Crippen LogP contribution in [0.15, 0.2) is 24.3 Å². The average Bonchev–Trinajstić information content (AvgIpc) is 2.66. The Hall–Kier alpha value is -2.19. The third-order valence-electron chi connectivity index (χ3n) is 2.65. The van der Waals surface area contributed by atoms with Crippen molar-refractivity contribution in [3.63, 3.8) is 0 Å². The summed E-state index contributed by atoms with van der Waals surface area (Å²) >= 11 is 0. The highest BCUT2D eigenvalue weighted by Gasteiger charge is 2.36. The number of benzene rings is 1. The Morgan fingerprint density at radius 2 is 2.12 bits per heavy atom. The average molecular weight is 232 g/mol. The summed E-state index contributed by atoms with van der Waals surface area (Å²) in [6.07, 6.45) is 5.22. The van der Waals surface area contributed by atoms with Crippen LogP contribution in [0.5, 0.6) is 5.75 Å². The Labute approximate surface area is 99.2 Å². The number of terminal acetylenes is 1. The molecule has 1 atom stereocenters. The van der Waals surface area contributed by atoms with Crippen LogP contribution in [-0.4, -0.2) is 36.0 Å². The first-order valence-corrected chi connectivity index (χ1v) is 5.07. The van der Waals surface area contributed by atoms with Crippen molar-refractivity contribution in [3.8, 4) is 18.1 Å². The normalized spacial score (nSPS) is 19.4. The summed E-state index contributed by atoms with van der Waals surface area (Å²) in [6, 6.07) is 5.84. The molecular weight excluding hydrogens is 220 g/mol. The summed E-state index contributed by atoms with van der Waals surface area (Å²) in [6.45, 7) is 0.276. The Morgan fingerprint density at radius 1 is 1.47 bits per heavy atom. The van der Waals surface area contributed by atoms with Crippen LogP contribution in [-0.2, 0) is 0 Å². The molecule has 0 saturated carbocycles. The van der Waals surface area contributed by atoms with E-state index in [2.05, 4.69) is 5.92 Å². The van der Waals surface area contributed by atoms with Gasteiger partial charge in [-0.15, -0.1) is 6.42 Å². The van der Waals surface area contributed by atoms with E-state index in [4.69, 9.17) is 11.2 Å². The van der Waals surface area contributed by atoms with Crippen molar-refractivity contribution in [1.82, 2.24) is 5.06 Å². The van der Waals surface area contributed by atoms with E-state index in [1.165, 1.54) is 4.90 Å². The number of anilines is 1. The number of hydrogen-bond donors (Lipinski definition) is 1. The first-order valence-electron chi connectivity index (χ1n) is 5.07. The molecule has 0 bridgehead atoms. The van der Waals surface area contributed by atoms with Gasteiger partial charge in [0.1, 0.15) is 11.8 Å². The lowest BCUT2D eigenvalue weighted by Gasteiger charge is -2.14. The van der Waals surface area contributed by atoms with Gasteiger partial charge in [-0.25, -0.2) is 4.79 Å². The van der Waals surface area contributed by atoms with Gasteiger partial charge >= 0.3 is 6.03 Å². The van der Waals surface area contributed by atoms with Gasteiger partial charge in [-0.2, -0.15) is 5.06 Å². The lowest BCUT2D eigenvalue weighted by molar-refractivity contribution is -0.0413. The number of ether oxygens (including phenoxy) is 1. The molecule has 5 nitrogen and oxygen atoms in total. The molecule has 0 aromatic heterocycles. The van der Waals surface area contributed by atoms with Gasteiger partial charge in [0.2, 0.25) is 0 Å².